The molecule has 1 aliphatic carbocycles. The van der Waals surface area contributed by atoms with E-state index in [1.54, 1.807) is 0 Å². The predicted molar refractivity (Wildman–Crippen MR) is 48.3 cm³/mol. The molecule has 0 saturated heterocycles. The fourth-order valence-corrected chi connectivity index (χ4v) is 1.89. The van der Waals surface area contributed by atoms with E-state index in [1.807, 2.05) is 7.05 Å². The van der Waals surface area contributed by atoms with E-state index < -0.39 is 0 Å². The summed E-state index contributed by atoms with van der Waals surface area (Å²) in [6.45, 7) is 0. The first kappa shape index (κ1) is 8.62. The van der Waals surface area contributed by atoms with Gasteiger partial charge in [-0.1, -0.05) is 0 Å². The van der Waals surface area contributed by atoms with Gasteiger partial charge in [0.2, 0.25) is 0 Å². The Morgan fingerprint density at radius 3 is 2.91 bits per heavy atom. The highest BCUT2D eigenvalue weighted by Gasteiger charge is 2.22. The second kappa shape index (κ2) is 4.41. The molecule has 0 aromatic heterocycles. The van der Waals surface area contributed by atoms with Crippen LogP contribution in [-0.4, -0.2) is 13.1 Å². The molecular weight excluding hydrogens is 134 g/mol. The Labute approximate surface area is 69.6 Å². The van der Waals surface area contributed by atoms with Crippen LogP contribution in [0.2, 0.25) is 0 Å². The van der Waals surface area contributed by atoms with E-state index in [0.717, 1.165) is 18.4 Å². The first-order valence-electron chi connectivity index (χ1n) is 4.47. The summed E-state index contributed by atoms with van der Waals surface area (Å²) in [4.78, 5) is 0. The maximum absolute atomic E-state index is 5.21. The quantitative estimate of drug-likeness (QED) is 0.606. The molecule has 1 heteroatoms. The summed E-state index contributed by atoms with van der Waals surface area (Å²) >= 11 is 0. The zero-order valence-electron chi connectivity index (χ0n) is 7.27. The van der Waals surface area contributed by atoms with Crippen molar-refractivity contribution in [1.29, 1.82) is 0 Å². The lowest BCUT2D eigenvalue weighted by molar-refractivity contribution is 0.486. The van der Waals surface area contributed by atoms with Gasteiger partial charge in [-0.05, 0) is 38.6 Å². The summed E-state index contributed by atoms with van der Waals surface area (Å²) in [5.41, 5.74) is 0. The number of rotatable bonds is 3. The van der Waals surface area contributed by atoms with E-state index in [9.17, 15) is 0 Å². The zero-order valence-corrected chi connectivity index (χ0v) is 7.27. The molecule has 0 spiro atoms. The number of hydrogen-bond acceptors (Lipinski definition) is 1. The summed E-state index contributed by atoms with van der Waals surface area (Å²) in [6, 6.07) is 0.762. The Kier molecular flexibility index (Phi) is 3.45. The van der Waals surface area contributed by atoms with Crippen LogP contribution < -0.4 is 5.32 Å². The van der Waals surface area contributed by atoms with E-state index in [2.05, 4.69) is 11.2 Å². The van der Waals surface area contributed by atoms with E-state index >= 15 is 0 Å². The van der Waals surface area contributed by atoms with Crippen LogP contribution in [0.1, 0.15) is 32.1 Å². The molecular formula is C10H17N. The highest BCUT2D eigenvalue weighted by Crippen LogP contribution is 2.28. The van der Waals surface area contributed by atoms with Crippen LogP contribution in [0.15, 0.2) is 0 Å². The second-order valence-electron chi connectivity index (χ2n) is 3.41. The van der Waals surface area contributed by atoms with Gasteiger partial charge >= 0.3 is 0 Å². The minimum atomic E-state index is 0.762. The molecule has 2 unspecified atom stereocenters. The average Bonchev–Trinajstić information content (AvgIpc) is 2.48. The molecule has 62 valence electrons. The van der Waals surface area contributed by atoms with Gasteiger partial charge in [0.25, 0.3) is 0 Å². The lowest BCUT2D eigenvalue weighted by Gasteiger charge is -2.08. The van der Waals surface area contributed by atoms with Gasteiger partial charge in [-0.15, -0.1) is 12.3 Å². The molecule has 0 aromatic carbocycles. The minimum absolute atomic E-state index is 0.762. The molecule has 0 aliphatic heterocycles. The highest BCUT2D eigenvalue weighted by molar-refractivity contribution is 4.87. The van der Waals surface area contributed by atoms with Gasteiger partial charge in [0.05, 0.1) is 0 Å². The molecule has 1 fully saturated rings. The molecule has 1 rings (SSSR count). The van der Waals surface area contributed by atoms with E-state index in [4.69, 9.17) is 6.42 Å². The highest BCUT2D eigenvalue weighted by atomic mass is 14.9. The van der Waals surface area contributed by atoms with Crippen molar-refractivity contribution in [2.45, 2.75) is 38.1 Å². The van der Waals surface area contributed by atoms with Crippen LogP contribution >= 0.6 is 0 Å². The molecule has 1 aliphatic rings. The summed E-state index contributed by atoms with van der Waals surface area (Å²) < 4.78 is 0. The van der Waals surface area contributed by atoms with Crippen molar-refractivity contribution < 1.29 is 0 Å². The first-order valence-corrected chi connectivity index (χ1v) is 4.47. The topological polar surface area (TPSA) is 12.0 Å². The molecule has 0 aromatic rings. The second-order valence-corrected chi connectivity index (χ2v) is 3.41. The number of nitrogens with one attached hydrogen (secondary N) is 1. The van der Waals surface area contributed by atoms with Crippen molar-refractivity contribution >= 4 is 0 Å². The minimum Gasteiger partial charge on any atom is -0.317 e. The number of terminal acetylenes is 1. The summed E-state index contributed by atoms with van der Waals surface area (Å²) in [5.74, 6) is 3.60. The lowest BCUT2D eigenvalue weighted by Crippen LogP contribution is -2.21. The third-order valence-corrected chi connectivity index (χ3v) is 2.65. The van der Waals surface area contributed by atoms with Gasteiger partial charge in [-0.2, -0.15) is 0 Å². The van der Waals surface area contributed by atoms with Gasteiger partial charge in [-0.3, -0.25) is 0 Å². The molecule has 1 nitrogen and oxygen atoms in total. The van der Waals surface area contributed by atoms with Crippen molar-refractivity contribution in [3.8, 4) is 12.3 Å². The van der Waals surface area contributed by atoms with Gasteiger partial charge in [0.15, 0.2) is 0 Å². The third-order valence-electron chi connectivity index (χ3n) is 2.65. The fourth-order valence-electron chi connectivity index (χ4n) is 1.89. The van der Waals surface area contributed by atoms with E-state index in [1.165, 1.54) is 25.7 Å². The Balaban J connectivity index is 2.15. The van der Waals surface area contributed by atoms with Crippen molar-refractivity contribution in [3.05, 3.63) is 0 Å². The summed E-state index contributed by atoms with van der Waals surface area (Å²) in [5, 5.41) is 3.32. The average molecular weight is 151 g/mol. The predicted octanol–water partition coefficient (Wildman–Crippen LogP) is 1.79. The fraction of sp³-hybridized carbons (Fsp3) is 0.800. The molecule has 2 atom stereocenters. The zero-order chi connectivity index (χ0) is 8.10. The van der Waals surface area contributed by atoms with Gasteiger partial charge in [-0.25, -0.2) is 0 Å². The Morgan fingerprint density at radius 2 is 2.36 bits per heavy atom. The third kappa shape index (κ3) is 2.55. The van der Waals surface area contributed by atoms with E-state index in [0.29, 0.717) is 0 Å². The normalized spacial score (nSPS) is 30.2. The monoisotopic (exact) mass is 151 g/mol. The van der Waals surface area contributed by atoms with Crippen molar-refractivity contribution in [2.75, 3.05) is 7.05 Å². The number of hydrogen-bond donors (Lipinski definition) is 1. The van der Waals surface area contributed by atoms with Crippen LogP contribution in [0.5, 0.6) is 0 Å². The molecule has 0 heterocycles. The molecule has 11 heavy (non-hydrogen) atoms. The maximum Gasteiger partial charge on any atom is 0.00887 e. The molecule has 1 saturated carbocycles. The molecule has 1 N–H and O–H groups in total. The molecule has 0 radical (unpaired) electrons. The Morgan fingerprint density at radius 1 is 1.55 bits per heavy atom. The SMILES string of the molecule is C#CCCC1CCC(NC)C1. The summed E-state index contributed by atoms with van der Waals surface area (Å²) in [6.07, 6.45) is 11.4. The largest absolute Gasteiger partial charge is 0.317 e. The van der Waals surface area contributed by atoms with Gasteiger partial charge in [0, 0.05) is 12.5 Å². The first-order chi connectivity index (χ1) is 5.36. The van der Waals surface area contributed by atoms with Gasteiger partial charge < -0.3 is 5.32 Å². The molecule has 0 bridgehead atoms. The van der Waals surface area contributed by atoms with Crippen LogP contribution in [0.25, 0.3) is 0 Å². The van der Waals surface area contributed by atoms with E-state index in [-0.39, 0.29) is 0 Å². The van der Waals surface area contributed by atoms with Crippen molar-refractivity contribution in [2.24, 2.45) is 5.92 Å². The van der Waals surface area contributed by atoms with Crippen LogP contribution in [0.4, 0.5) is 0 Å². The maximum atomic E-state index is 5.21. The van der Waals surface area contributed by atoms with Crippen molar-refractivity contribution in [1.82, 2.24) is 5.32 Å². The Hall–Kier alpha value is -0.480. The lowest BCUT2D eigenvalue weighted by atomic mass is 10.0. The molecule has 0 amide bonds. The van der Waals surface area contributed by atoms with Crippen LogP contribution in [0, 0.1) is 18.3 Å². The Bertz CT molecular complexity index is 145. The van der Waals surface area contributed by atoms with Crippen LogP contribution in [-0.2, 0) is 0 Å². The van der Waals surface area contributed by atoms with Gasteiger partial charge in [0.1, 0.15) is 0 Å². The standard InChI is InChI=1S/C10H17N/c1-3-4-5-9-6-7-10(8-9)11-2/h1,9-11H,4-8H2,2H3. The van der Waals surface area contributed by atoms with Crippen molar-refractivity contribution in [3.63, 3.8) is 0 Å². The summed E-state index contributed by atoms with van der Waals surface area (Å²) in [7, 11) is 2.05. The van der Waals surface area contributed by atoms with Crippen LogP contribution in [0.3, 0.4) is 0 Å². The smallest absolute Gasteiger partial charge is 0.00887 e.